The molecule has 0 saturated heterocycles. The number of nitrogens with one attached hydrogen (secondary N) is 2. The second-order valence-corrected chi connectivity index (χ2v) is 7.90. The molecular formula is C23H24N4O3. The van der Waals surface area contributed by atoms with Gasteiger partial charge in [0, 0.05) is 23.2 Å². The number of benzene rings is 2. The molecule has 3 aromatic rings. The molecule has 0 aliphatic heterocycles. The van der Waals surface area contributed by atoms with Crippen LogP contribution in [0.25, 0.3) is 10.9 Å². The molecule has 1 aromatic heterocycles. The number of aromatic amines is 1. The van der Waals surface area contributed by atoms with Crippen LogP contribution in [0.15, 0.2) is 53.3 Å². The van der Waals surface area contributed by atoms with Crippen LogP contribution in [0.2, 0.25) is 0 Å². The van der Waals surface area contributed by atoms with Crippen LogP contribution in [0.3, 0.4) is 0 Å². The fourth-order valence-corrected chi connectivity index (χ4v) is 3.35. The van der Waals surface area contributed by atoms with Gasteiger partial charge in [0.05, 0.1) is 17.4 Å². The first-order valence-corrected chi connectivity index (χ1v) is 10.1. The summed E-state index contributed by atoms with van der Waals surface area (Å²) in [6, 6.07) is 13.9. The Morgan fingerprint density at radius 3 is 2.67 bits per heavy atom. The Morgan fingerprint density at radius 2 is 1.93 bits per heavy atom. The first-order valence-electron chi connectivity index (χ1n) is 10.1. The predicted octanol–water partition coefficient (Wildman–Crippen LogP) is 3.32. The lowest BCUT2D eigenvalue weighted by Crippen LogP contribution is -2.37. The molecule has 0 atom stereocenters. The van der Waals surface area contributed by atoms with Gasteiger partial charge < -0.3 is 15.2 Å². The van der Waals surface area contributed by atoms with Gasteiger partial charge in [-0.25, -0.2) is 4.98 Å². The zero-order valence-corrected chi connectivity index (χ0v) is 17.0. The highest BCUT2D eigenvalue weighted by molar-refractivity contribution is 5.98. The van der Waals surface area contributed by atoms with Gasteiger partial charge >= 0.3 is 0 Å². The SMILES string of the molecule is CC(C)N(Cc1nc2ccccc2c(=O)[nH]1)C(=O)c1cccc(NC(=O)C2CC2)c1. The van der Waals surface area contributed by atoms with Crippen LogP contribution in [0.5, 0.6) is 0 Å². The van der Waals surface area contributed by atoms with Gasteiger partial charge in [-0.05, 0) is 57.0 Å². The average molecular weight is 404 g/mol. The van der Waals surface area contributed by atoms with Crippen LogP contribution in [0.4, 0.5) is 5.69 Å². The molecule has 0 unspecified atom stereocenters. The Bertz CT molecular complexity index is 1160. The van der Waals surface area contributed by atoms with Crippen LogP contribution in [-0.2, 0) is 11.3 Å². The quantitative estimate of drug-likeness (QED) is 0.659. The summed E-state index contributed by atoms with van der Waals surface area (Å²) < 4.78 is 0. The lowest BCUT2D eigenvalue weighted by atomic mass is 10.1. The van der Waals surface area contributed by atoms with E-state index in [2.05, 4.69) is 15.3 Å². The largest absolute Gasteiger partial charge is 0.329 e. The van der Waals surface area contributed by atoms with E-state index in [9.17, 15) is 14.4 Å². The summed E-state index contributed by atoms with van der Waals surface area (Å²) in [5.74, 6) is 0.327. The van der Waals surface area contributed by atoms with Gasteiger partial charge in [0.1, 0.15) is 5.82 Å². The van der Waals surface area contributed by atoms with Crippen molar-refractivity contribution in [2.24, 2.45) is 5.92 Å². The van der Waals surface area contributed by atoms with E-state index in [1.807, 2.05) is 19.9 Å². The maximum atomic E-state index is 13.2. The number of H-pyrrole nitrogens is 1. The van der Waals surface area contributed by atoms with E-state index in [4.69, 9.17) is 0 Å². The van der Waals surface area contributed by atoms with Crippen molar-refractivity contribution in [3.8, 4) is 0 Å². The standard InChI is InChI=1S/C23H24N4O3/c1-14(2)27(13-20-25-19-9-4-3-8-18(19)22(29)26-20)23(30)16-6-5-7-17(12-16)24-21(28)15-10-11-15/h3-9,12,14-15H,10-11,13H2,1-2H3,(H,24,28)(H,25,26,29). The lowest BCUT2D eigenvalue weighted by molar-refractivity contribution is -0.117. The highest BCUT2D eigenvalue weighted by Crippen LogP contribution is 2.30. The van der Waals surface area contributed by atoms with Gasteiger partial charge in [-0.3, -0.25) is 14.4 Å². The van der Waals surface area contributed by atoms with E-state index in [1.165, 1.54) is 0 Å². The molecule has 0 radical (unpaired) electrons. The first kappa shape index (κ1) is 19.8. The number of carbonyl (C=O) groups is 2. The second kappa shape index (κ2) is 8.10. The second-order valence-electron chi connectivity index (χ2n) is 7.90. The summed E-state index contributed by atoms with van der Waals surface area (Å²) >= 11 is 0. The predicted molar refractivity (Wildman–Crippen MR) is 115 cm³/mol. The first-order chi connectivity index (χ1) is 14.4. The molecule has 0 bridgehead atoms. The van der Waals surface area contributed by atoms with E-state index in [0.29, 0.717) is 28.0 Å². The van der Waals surface area contributed by atoms with Gasteiger partial charge in [0.25, 0.3) is 11.5 Å². The number of carbonyl (C=O) groups excluding carboxylic acids is 2. The number of hydrogen-bond acceptors (Lipinski definition) is 4. The van der Waals surface area contributed by atoms with E-state index in [1.54, 1.807) is 47.4 Å². The molecule has 7 heteroatoms. The topological polar surface area (TPSA) is 95.2 Å². The summed E-state index contributed by atoms with van der Waals surface area (Å²) in [4.78, 5) is 46.5. The van der Waals surface area contributed by atoms with E-state index in [0.717, 1.165) is 12.8 Å². The molecule has 1 fully saturated rings. The van der Waals surface area contributed by atoms with Crippen molar-refractivity contribution < 1.29 is 9.59 Å². The number of hydrogen-bond donors (Lipinski definition) is 2. The third kappa shape index (κ3) is 4.25. The Hall–Kier alpha value is -3.48. The number of amides is 2. The number of nitrogens with zero attached hydrogens (tertiary/aromatic N) is 2. The molecule has 2 aromatic carbocycles. The van der Waals surface area contributed by atoms with E-state index < -0.39 is 0 Å². The zero-order chi connectivity index (χ0) is 21.3. The van der Waals surface area contributed by atoms with Crippen molar-refractivity contribution in [2.75, 3.05) is 5.32 Å². The normalized spacial score (nSPS) is 13.4. The monoisotopic (exact) mass is 404 g/mol. The van der Waals surface area contributed by atoms with Crippen LogP contribution in [0.1, 0.15) is 42.9 Å². The van der Waals surface area contributed by atoms with Crippen LogP contribution in [-0.4, -0.2) is 32.7 Å². The molecule has 4 rings (SSSR count). The summed E-state index contributed by atoms with van der Waals surface area (Å²) in [7, 11) is 0. The fourth-order valence-electron chi connectivity index (χ4n) is 3.35. The minimum Gasteiger partial charge on any atom is -0.329 e. The number of anilines is 1. The number of rotatable bonds is 6. The van der Waals surface area contributed by atoms with Crippen molar-refractivity contribution in [3.63, 3.8) is 0 Å². The molecule has 1 saturated carbocycles. The van der Waals surface area contributed by atoms with Crippen molar-refractivity contribution in [1.29, 1.82) is 0 Å². The van der Waals surface area contributed by atoms with Crippen molar-refractivity contribution in [1.82, 2.24) is 14.9 Å². The zero-order valence-electron chi connectivity index (χ0n) is 17.0. The third-order valence-corrected chi connectivity index (χ3v) is 5.19. The summed E-state index contributed by atoms with van der Waals surface area (Å²) in [5.41, 5.74) is 1.45. The van der Waals surface area contributed by atoms with Crippen molar-refractivity contribution in [3.05, 3.63) is 70.3 Å². The minimum absolute atomic E-state index is 0.00162. The average Bonchev–Trinajstić information content (AvgIpc) is 3.57. The fraction of sp³-hybridized carbons (Fsp3) is 0.304. The third-order valence-electron chi connectivity index (χ3n) is 5.19. The maximum Gasteiger partial charge on any atom is 0.258 e. The Morgan fingerprint density at radius 1 is 1.17 bits per heavy atom. The van der Waals surface area contributed by atoms with E-state index in [-0.39, 0.29) is 35.9 Å². The Labute approximate surface area is 174 Å². The minimum atomic E-state index is -0.225. The molecule has 1 aliphatic rings. The molecule has 2 N–H and O–H groups in total. The highest BCUT2D eigenvalue weighted by Gasteiger charge is 2.29. The molecule has 0 spiro atoms. The van der Waals surface area contributed by atoms with Gasteiger partial charge in [-0.2, -0.15) is 0 Å². The number of aromatic nitrogens is 2. The molecule has 7 nitrogen and oxygen atoms in total. The highest BCUT2D eigenvalue weighted by atomic mass is 16.2. The van der Waals surface area contributed by atoms with Crippen molar-refractivity contribution in [2.45, 2.75) is 39.3 Å². The molecule has 2 amide bonds. The van der Waals surface area contributed by atoms with Gasteiger partial charge in [0.15, 0.2) is 0 Å². The summed E-state index contributed by atoms with van der Waals surface area (Å²) in [6.07, 6.45) is 1.84. The van der Waals surface area contributed by atoms with E-state index >= 15 is 0 Å². The Kier molecular flexibility index (Phi) is 5.35. The molecule has 30 heavy (non-hydrogen) atoms. The molecular weight excluding hydrogens is 380 g/mol. The Balaban J connectivity index is 1.58. The lowest BCUT2D eigenvalue weighted by Gasteiger charge is -2.26. The summed E-state index contributed by atoms with van der Waals surface area (Å²) in [6.45, 7) is 4.00. The van der Waals surface area contributed by atoms with Crippen LogP contribution in [0, 0.1) is 5.92 Å². The summed E-state index contributed by atoms with van der Waals surface area (Å²) in [5, 5.41) is 3.39. The van der Waals surface area contributed by atoms with Crippen LogP contribution >= 0.6 is 0 Å². The molecule has 1 heterocycles. The number of fused-ring (bicyclic) bond motifs is 1. The van der Waals surface area contributed by atoms with Gasteiger partial charge in [-0.15, -0.1) is 0 Å². The van der Waals surface area contributed by atoms with Crippen LogP contribution < -0.4 is 10.9 Å². The smallest absolute Gasteiger partial charge is 0.258 e. The van der Waals surface area contributed by atoms with Crippen molar-refractivity contribution >= 4 is 28.4 Å². The number of para-hydroxylation sites is 1. The maximum absolute atomic E-state index is 13.2. The molecule has 1 aliphatic carbocycles. The van der Waals surface area contributed by atoms with Gasteiger partial charge in [-0.1, -0.05) is 18.2 Å². The van der Waals surface area contributed by atoms with Gasteiger partial charge in [0.2, 0.25) is 5.91 Å². The molecule has 154 valence electrons.